The number of rotatable bonds is 5. The molecule has 1 amide bonds. The van der Waals surface area contributed by atoms with Gasteiger partial charge in [-0.05, 0) is 30.2 Å². The van der Waals surface area contributed by atoms with E-state index in [9.17, 15) is 4.79 Å². The van der Waals surface area contributed by atoms with Crippen molar-refractivity contribution in [2.75, 3.05) is 40.0 Å². The highest BCUT2D eigenvalue weighted by atomic mass is 16.5. The summed E-state index contributed by atoms with van der Waals surface area (Å²) in [6.45, 7) is 4.79. The number of amides is 1. The topological polar surface area (TPSA) is 55.2 Å². The van der Waals surface area contributed by atoms with Crippen molar-refractivity contribution in [2.45, 2.75) is 19.0 Å². The molecule has 2 fully saturated rings. The molecule has 1 atom stereocenters. The predicted octanol–water partition coefficient (Wildman–Crippen LogP) is 2.71. The van der Waals surface area contributed by atoms with Crippen molar-refractivity contribution in [3.63, 3.8) is 0 Å². The molecule has 0 N–H and O–H groups in total. The molecule has 0 bridgehead atoms. The molecule has 138 valence electrons. The summed E-state index contributed by atoms with van der Waals surface area (Å²) in [6, 6.07) is 9.92. The number of carbonyl (C=O) groups excluding carboxylic acids is 1. The van der Waals surface area contributed by atoms with Gasteiger partial charge in [-0.3, -0.25) is 9.69 Å². The maximum absolute atomic E-state index is 12.9. The Morgan fingerprint density at radius 1 is 1.23 bits per heavy atom. The molecule has 0 aliphatic carbocycles. The van der Waals surface area contributed by atoms with E-state index in [-0.39, 0.29) is 11.9 Å². The molecule has 6 heteroatoms. The summed E-state index contributed by atoms with van der Waals surface area (Å²) in [5.41, 5.74) is 1.74. The molecule has 26 heavy (non-hydrogen) atoms. The van der Waals surface area contributed by atoms with Crippen LogP contribution in [0.5, 0.6) is 5.75 Å². The minimum atomic E-state index is 0.0287. The molecule has 1 aromatic heterocycles. The summed E-state index contributed by atoms with van der Waals surface area (Å²) in [7, 11) is 1.66. The first-order valence-corrected chi connectivity index (χ1v) is 9.07. The zero-order chi connectivity index (χ0) is 17.9. The molecular weight excluding hydrogens is 332 g/mol. The fourth-order valence-electron chi connectivity index (χ4n) is 3.55. The minimum absolute atomic E-state index is 0.0287. The number of furan rings is 1. The largest absolute Gasteiger partial charge is 0.497 e. The van der Waals surface area contributed by atoms with Crippen molar-refractivity contribution in [2.24, 2.45) is 0 Å². The van der Waals surface area contributed by atoms with Crippen LogP contribution >= 0.6 is 0 Å². The lowest BCUT2D eigenvalue weighted by atomic mass is 9.94. The van der Waals surface area contributed by atoms with Crippen molar-refractivity contribution in [3.05, 3.63) is 53.5 Å². The molecule has 0 spiro atoms. The summed E-state index contributed by atoms with van der Waals surface area (Å²) in [6.07, 6.45) is 2.55. The summed E-state index contributed by atoms with van der Waals surface area (Å²) >= 11 is 0. The monoisotopic (exact) mass is 356 g/mol. The molecule has 3 heterocycles. The first-order valence-electron chi connectivity index (χ1n) is 9.07. The van der Waals surface area contributed by atoms with Gasteiger partial charge in [-0.1, -0.05) is 12.1 Å². The Kier molecular flexibility index (Phi) is 4.95. The predicted molar refractivity (Wildman–Crippen MR) is 96.2 cm³/mol. The van der Waals surface area contributed by atoms with Gasteiger partial charge in [0.2, 0.25) is 0 Å². The number of hydrogen-bond acceptors (Lipinski definition) is 5. The van der Waals surface area contributed by atoms with Crippen LogP contribution in [-0.4, -0.2) is 55.7 Å². The number of nitrogens with zero attached hydrogens (tertiary/aromatic N) is 2. The smallest absolute Gasteiger partial charge is 0.257 e. The first kappa shape index (κ1) is 17.1. The second-order valence-electron chi connectivity index (χ2n) is 6.77. The molecule has 2 aliphatic rings. The average Bonchev–Trinajstić information content (AvgIpc) is 3.10. The minimum Gasteiger partial charge on any atom is -0.497 e. The molecule has 2 saturated heterocycles. The lowest BCUT2D eigenvalue weighted by molar-refractivity contribution is 0.0313. The Hall–Kier alpha value is -2.31. The number of methoxy groups -OCH3 is 1. The van der Waals surface area contributed by atoms with Crippen molar-refractivity contribution < 1.29 is 18.7 Å². The van der Waals surface area contributed by atoms with Crippen molar-refractivity contribution in [1.82, 2.24) is 9.80 Å². The molecular formula is C20H24N2O4. The third-order valence-corrected chi connectivity index (χ3v) is 5.14. The number of morpholine rings is 1. The van der Waals surface area contributed by atoms with Crippen LogP contribution in [0.4, 0.5) is 0 Å². The van der Waals surface area contributed by atoms with Crippen molar-refractivity contribution >= 4 is 5.91 Å². The van der Waals surface area contributed by atoms with E-state index in [0.717, 1.165) is 62.9 Å². The fourth-order valence-corrected chi connectivity index (χ4v) is 3.55. The van der Waals surface area contributed by atoms with Gasteiger partial charge in [0.15, 0.2) is 0 Å². The lowest BCUT2D eigenvalue weighted by Crippen LogP contribution is -2.45. The number of hydrogen-bond donors (Lipinski definition) is 0. The SMILES string of the molecule is COc1cccc([C@@H]2CCN2C(=O)c2coc(CN3CCOCC3)c2)c1. The molecule has 4 rings (SSSR count). The van der Waals surface area contributed by atoms with Gasteiger partial charge in [-0.25, -0.2) is 0 Å². The summed E-state index contributed by atoms with van der Waals surface area (Å²) < 4.78 is 16.3. The molecule has 0 radical (unpaired) electrons. The quantitative estimate of drug-likeness (QED) is 0.824. The highest BCUT2D eigenvalue weighted by molar-refractivity contribution is 5.94. The van der Waals surface area contributed by atoms with Crippen LogP contribution in [-0.2, 0) is 11.3 Å². The normalized spacial score (nSPS) is 20.7. The van der Waals surface area contributed by atoms with E-state index in [1.165, 1.54) is 0 Å². The highest BCUT2D eigenvalue weighted by Crippen LogP contribution is 2.36. The Labute approximate surface area is 153 Å². The van der Waals surface area contributed by atoms with Gasteiger partial charge < -0.3 is 18.8 Å². The van der Waals surface area contributed by atoms with Crippen LogP contribution in [0.2, 0.25) is 0 Å². The van der Waals surface area contributed by atoms with Crippen LogP contribution in [0.25, 0.3) is 0 Å². The van der Waals surface area contributed by atoms with E-state index in [1.54, 1.807) is 13.4 Å². The molecule has 1 aromatic carbocycles. The Balaban J connectivity index is 1.42. The number of carbonyl (C=O) groups is 1. The van der Waals surface area contributed by atoms with Crippen LogP contribution in [0.1, 0.15) is 34.1 Å². The maximum Gasteiger partial charge on any atom is 0.257 e. The summed E-state index contributed by atoms with van der Waals surface area (Å²) in [5, 5.41) is 0. The number of ether oxygens (including phenoxy) is 2. The van der Waals surface area contributed by atoms with Gasteiger partial charge in [0, 0.05) is 19.6 Å². The highest BCUT2D eigenvalue weighted by Gasteiger charge is 2.34. The van der Waals surface area contributed by atoms with Crippen molar-refractivity contribution in [1.29, 1.82) is 0 Å². The standard InChI is InChI=1S/C20H24N2O4/c1-24-17-4-2-3-15(11-17)19-5-6-22(19)20(23)16-12-18(26-14-16)13-21-7-9-25-10-8-21/h2-4,11-12,14,19H,5-10,13H2,1H3/t19-/m0/s1. The number of benzene rings is 1. The van der Waals surface area contributed by atoms with Gasteiger partial charge in [0.1, 0.15) is 17.8 Å². The molecule has 2 aromatic rings. The van der Waals surface area contributed by atoms with Gasteiger partial charge in [-0.15, -0.1) is 0 Å². The van der Waals surface area contributed by atoms with Gasteiger partial charge in [-0.2, -0.15) is 0 Å². The van der Waals surface area contributed by atoms with Crippen LogP contribution in [0, 0.1) is 0 Å². The zero-order valence-corrected chi connectivity index (χ0v) is 15.0. The third-order valence-electron chi connectivity index (χ3n) is 5.14. The van der Waals surface area contributed by atoms with E-state index in [1.807, 2.05) is 35.2 Å². The van der Waals surface area contributed by atoms with E-state index >= 15 is 0 Å². The molecule has 0 saturated carbocycles. The van der Waals surface area contributed by atoms with Crippen LogP contribution in [0.15, 0.2) is 41.0 Å². The summed E-state index contributed by atoms with van der Waals surface area (Å²) in [4.78, 5) is 17.0. The van der Waals surface area contributed by atoms with E-state index < -0.39 is 0 Å². The van der Waals surface area contributed by atoms with Gasteiger partial charge in [0.25, 0.3) is 5.91 Å². The Morgan fingerprint density at radius 2 is 2.08 bits per heavy atom. The molecule has 0 unspecified atom stereocenters. The average molecular weight is 356 g/mol. The number of likely N-dealkylation sites (tertiary alicyclic amines) is 1. The summed E-state index contributed by atoms with van der Waals surface area (Å²) in [5.74, 6) is 1.67. The molecule has 6 nitrogen and oxygen atoms in total. The van der Waals surface area contributed by atoms with Crippen LogP contribution < -0.4 is 4.74 Å². The Bertz CT molecular complexity index is 767. The fraction of sp³-hybridized carbons (Fsp3) is 0.450. The Morgan fingerprint density at radius 3 is 2.81 bits per heavy atom. The van der Waals surface area contributed by atoms with Crippen LogP contribution in [0.3, 0.4) is 0 Å². The lowest BCUT2D eigenvalue weighted by Gasteiger charge is -2.41. The van der Waals surface area contributed by atoms with E-state index in [4.69, 9.17) is 13.9 Å². The van der Waals surface area contributed by atoms with E-state index in [2.05, 4.69) is 4.90 Å². The van der Waals surface area contributed by atoms with E-state index in [0.29, 0.717) is 5.56 Å². The molecule has 2 aliphatic heterocycles. The first-order chi connectivity index (χ1) is 12.7. The zero-order valence-electron chi connectivity index (χ0n) is 15.0. The van der Waals surface area contributed by atoms with Crippen molar-refractivity contribution in [3.8, 4) is 5.75 Å². The second-order valence-corrected chi connectivity index (χ2v) is 6.77. The third kappa shape index (κ3) is 3.48. The maximum atomic E-state index is 12.9. The van der Waals surface area contributed by atoms with Gasteiger partial charge >= 0.3 is 0 Å². The van der Waals surface area contributed by atoms with Gasteiger partial charge in [0.05, 0.1) is 38.5 Å². The second kappa shape index (κ2) is 7.51.